The van der Waals surface area contributed by atoms with Gasteiger partial charge in [-0.05, 0) is 24.1 Å². The molecule has 2 rings (SSSR count). The Bertz CT molecular complexity index is 673. The summed E-state index contributed by atoms with van der Waals surface area (Å²) in [5.74, 6) is -2.55. The van der Waals surface area contributed by atoms with Gasteiger partial charge in [-0.2, -0.15) is 0 Å². The lowest BCUT2D eigenvalue weighted by molar-refractivity contribution is -0.142. The van der Waals surface area contributed by atoms with E-state index in [0.717, 1.165) is 5.56 Å². The van der Waals surface area contributed by atoms with Gasteiger partial charge in [0.1, 0.15) is 5.92 Å². The summed E-state index contributed by atoms with van der Waals surface area (Å²) in [5, 5.41) is 3.64. The monoisotopic (exact) mass is 354 g/mol. The van der Waals surface area contributed by atoms with Crippen LogP contribution in [0.3, 0.4) is 0 Å². The molecular formula is C16H16Cl2N2O3. The maximum atomic E-state index is 11.9. The molecule has 1 fully saturated rings. The van der Waals surface area contributed by atoms with E-state index in [1.165, 1.54) is 11.9 Å². The zero-order valence-corrected chi connectivity index (χ0v) is 14.0. The van der Waals surface area contributed by atoms with Crippen molar-refractivity contribution < 1.29 is 14.4 Å². The summed E-state index contributed by atoms with van der Waals surface area (Å²) in [6.07, 6.45) is 4.34. The summed E-state index contributed by atoms with van der Waals surface area (Å²) < 4.78 is 0. The fraction of sp³-hybridized carbons (Fsp3) is 0.312. The molecule has 0 saturated carbocycles. The van der Waals surface area contributed by atoms with Crippen LogP contribution in [0.5, 0.6) is 0 Å². The highest BCUT2D eigenvalue weighted by Crippen LogP contribution is 2.23. The number of carbonyl (C=O) groups excluding carboxylic acids is 3. The number of rotatable bonds is 5. The smallest absolute Gasteiger partial charge is 0.290 e. The summed E-state index contributed by atoms with van der Waals surface area (Å²) in [6, 6.07) is 5.30. The second kappa shape index (κ2) is 7.62. The first kappa shape index (κ1) is 17.5. The number of nitrogens with zero attached hydrogens (tertiary/aromatic N) is 1. The number of likely N-dealkylation sites (N-methyl/N-ethyl adjacent to an activating group) is 1. The van der Waals surface area contributed by atoms with Crippen LogP contribution in [0.15, 0.2) is 24.3 Å². The van der Waals surface area contributed by atoms with E-state index in [1.807, 2.05) is 18.2 Å². The standard InChI is InChI=1S/C16H16Cl2N2O3/c1-20-9-11(14(21)16(20)23)15(22)19-7-3-2-4-10-5-6-12(17)13(18)8-10/h2,4-6,8,11H,3,7,9H2,1H3,(H,19,22)/b4-2+. The zero-order chi connectivity index (χ0) is 17.0. The zero-order valence-electron chi connectivity index (χ0n) is 12.5. The van der Waals surface area contributed by atoms with E-state index in [1.54, 1.807) is 12.1 Å². The lowest BCUT2D eigenvalue weighted by Gasteiger charge is -2.08. The van der Waals surface area contributed by atoms with Crippen LogP contribution >= 0.6 is 23.2 Å². The molecule has 7 heteroatoms. The Hall–Kier alpha value is -1.85. The van der Waals surface area contributed by atoms with Crippen LogP contribution in [-0.2, 0) is 14.4 Å². The molecule has 0 radical (unpaired) electrons. The molecule has 1 aliphatic rings. The first-order chi connectivity index (χ1) is 10.9. The fourth-order valence-corrected chi connectivity index (χ4v) is 2.52. The third-order valence-electron chi connectivity index (χ3n) is 3.51. The minimum atomic E-state index is -0.897. The fourth-order valence-electron chi connectivity index (χ4n) is 2.22. The highest BCUT2D eigenvalue weighted by atomic mass is 35.5. The van der Waals surface area contributed by atoms with E-state index >= 15 is 0 Å². The van der Waals surface area contributed by atoms with E-state index in [4.69, 9.17) is 23.2 Å². The van der Waals surface area contributed by atoms with E-state index in [-0.39, 0.29) is 6.54 Å². The van der Waals surface area contributed by atoms with Crippen LogP contribution in [-0.4, -0.2) is 42.6 Å². The lowest BCUT2D eigenvalue weighted by atomic mass is 10.1. The van der Waals surface area contributed by atoms with Crippen molar-refractivity contribution in [3.8, 4) is 0 Å². The van der Waals surface area contributed by atoms with E-state index in [2.05, 4.69) is 5.32 Å². The number of likely N-dealkylation sites (tertiary alicyclic amines) is 1. The van der Waals surface area contributed by atoms with Gasteiger partial charge in [0, 0.05) is 20.1 Å². The molecule has 0 bridgehead atoms. The van der Waals surface area contributed by atoms with Crippen molar-refractivity contribution in [3.05, 3.63) is 39.9 Å². The average Bonchev–Trinajstić information content (AvgIpc) is 2.78. The Balaban J connectivity index is 1.78. The quantitative estimate of drug-likeness (QED) is 0.500. The number of benzene rings is 1. The third kappa shape index (κ3) is 4.33. The van der Waals surface area contributed by atoms with E-state index in [9.17, 15) is 14.4 Å². The molecule has 122 valence electrons. The van der Waals surface area contributed by atoms with Crippen LogP contribution in [0.1, 0.15) is 12.0 Å². The van der Waals surface area contributed by atoms with Gasteiger partial charge in [-0.15, -0.1) is 0 Å². The van der Waals surface area contributed by atoms with Crippen molar-refractivity contribution in [2.45, 2.75) is 6.42 Å². The van der Waals surface area contributed by atoms with Crippen LogP contribution in [0.25, 0.3) is 6.08 Å². The lowest BCUT2D eigenvalue weighted by Crippen LogP contribution is -2.35. The average molecular weight is 355 g/mol. The molecule has 23 heavy (non-hydrogen) atoms. The topological polar surface area (TPSA) is 66.5 Å². The number of hydrogen-bond acceptors (Lipinski definition) is 3. The summed E-state index contributed by atoms with van der Waals surface area (Å²) in [6.45, 7) is 0.529. The van der Waals surface area contributed by atoms with Crippen LogP contribution in [0.2, 0.25) is 10.0 Å². The van der Waals surface area contributed by atoms with E-state index < -0.39 is 23.5 Å². The second-order valence-electron chi connectivity index (χ2n) is 5.26. The summed E-state index contributed by atoms with van der Waals surface area (Å²) in [5.41, 5.74) is 0.906. The van der Waals surface area contributed by atoms with Gasteiger partial charge >= 0.3 is 0 Å². The Kier molecular flexibility index (Phi) is 5.80. The van der Waals surface area contributed by atoms with Gasteiger partial charge in [-0.3, -0.25) is 14.4 Å². The highest BCUT2D eigenvalue weighted by molar-refractivity contribution is 6.42. The molecule has 5 nitrogen and oxygen atoms in total. The van der Waals surface area contributed by atoms with Crippen LogP contribution in [0.4, 0.5) is 0 Å². The molecule has 1 saturated heterocycles. The molecule has 1 unspecified atom stereocenters. The molecule has 1 aromatic carbocycles. The number of amides is 2. The number of nitrogens with one attached hydrogen (secondary N) is 1. The number of hydrogen-bond donors (Lipinski definition) is 1. The van der Waals surface area contributed by atoms with Gasteiger partial charge in [0.25, 0.3) is 5.91 Å². The van der Waals surface area contributed by atoms with Gasteiger partial charge in [-0.25, -0.2) is 0 Å². The van der Waals surface area contributed by atoms with Gasteiger partial charge in [0.2, 0.25) is 11.7 Å². The predicted octanol–water partition coefficient (Wildman–Crippen LogP) is 2.17. The van der Waals surface area contributed by atoms with Crippen LogP contribution in [0, 0.1) is 5.92 Å². The maximum absolute atomic E-state index is 11.9. The molecule has 2 amide bonds. The first-order valence-corrected chi connectivity index (χ1v) is 7.84. The number of ketones is 1. The van der Waals surface area contributed by atoms with Crippen molar-refractivity contribution in [2.75, 3.05) is 20.1 Å². The molecular weight excluding hydrogens is 339 g/mol. The summed E-state index contributed by atoms with van der Waals surface area (Å²) in [4.78, 5) is 36.1. The van der Waals surface area contributed by atoms with Gasteiger partial charge in [0.15, 0.2) is 0 Å². The molecule has 1 N–H and O–H groups in total. The molecule has 0 spiro atoms. The third-order valence-corrected chi connectivity index (χ3v) is 4.25. The van der Waals surface area contributed by atoms with Crippen LogP contribution < -0.4 is 5.32 Å². The Morgan fingerprint density at radius 3 is 2.70 bits per heavy atom. The highest BCUT2D eigenvalue weighted by Gasteiger charge is 2.41. The number of carbonyl (C=O) groups is 3. The molecule has 1 atom stereocenters. The molecule has 0 aliphatic carbocycles. The first-order valence-electron chi connectivity index (χ1n) is 7.08. The number of halogens is 2. The van der Waals surface area contributed by atoms with Crippen molar-refractivity contribution in [3.63, 3.8) is 0 Å². The molecule has 1 aliphatic heterocycles. The molecule has 0 aromatic heterocycles. The van der Waals surface area contributed by atoms with E-state index in [0.29, 0.717) is 23.0 Å². The minimum Gasteiger partial charge on any atom is -0.355 e. The Labute approximate surface area is 144 Å². The summed E-state index contributed by atoms with van der Waals surface area (Å²) in [7, 11) is 1.51. The Morgan fingerprint density at radius 2 is 2.09 bits per heavy atom. The second-order valence-corrected chi connectivity index (χ2v) is 6.07. The minimum absolute atomic E-state index is 0.141. The Morgan fingerprint density at radius 1 is 1.35 bits per heavy atom. The van der Waals surface area contributed by atoms with Gasteiger partial charge < -0.3 is 10.2 Å². The normalized spacial score (nSPS) is 18.0. The van der Waals surface area contributed by atoms with Gasteiger partial charge in [-0.1, -0.05) is 41.4 Å². The maximum Gasteiger partial charge on any atom is 0.290 e. The summed E-state index contributed by atoms with van der Waals surface area (Å²) >= 11 is 11.8. The SMILES string of the molecule is CN1CC(C(=O)NCC/C=C/c2ccc(Cl)c(Cl)c2)C(=O)C1=O. The van der Waals surface area contributed by atoms with Crippen molar-refractivity contribution >= 4 is 46.9 Å². The van der Waals surface area contributed by atoms with Crippen molar-refractivity contribution in [1.82, 2.24) is 10.2 Å². The van der Waals surface area contributed by atoms with Crippen molar-refractivity contribution in [1.29, 1.82) is 0 Å². The molecule has 1 heterocycles. The largest absolute Gasteiger partial charge is 0.355 e. The van der Waals surface area contributed by atoms with Crippen molar-refractivity contribution in [2.24, 2.45) is 5.92 Å². The van der Waals surface area contributed by atoms with Gasteiger partial charge in [0.05, 0.1) is 10.0 Å². The number of Topliss-reactive ketones (excluding diaryl/α,β-unsaturated/α-hetero) is 1. The predicted molar refractivity (Wildman–Crippen MR) is 89.3 cm³/mol. The molecule has 1 aromatic rings.